The van der Waals surface area contributed by atoms with Gasteiger partial charge in [0.25, 0.3) is 0 Å². The van der Waals surface area contributed by atoms with E-state index in [1.54, 1.807) is 0 Å². The molecule has 0 unspecified atom stereocenters. The highest BCUT2D eigenvalue weighted by Gasteiger charge is 2.42. The molecule has 2 heteroatoms. The molecule has 4 rings (SSSR count). The third-order valence-corrected chi connectivity index (χ3v) is 5.75. The molecule has 1 aliphatic carbocycles. The van der Waals surface area contributed by atoms with E-state index < -0.39 is 0 Å². The minimum absolute atomic E-state index is 0.203. The van der Waals surface area contributed by atoms with Crippen molar-refractivity contribution < 1.29 is 0 Å². The number of imidazole rings is 1. The van der Waals surface area contributed by atoms with Crippen molar-refractivity contribution in [1.82, 2.24) is 9.38 Å². The Morgan fingerprint density at radius 3 is 2.33 bits per heavy atom. The maximum atomic E-state index is 4.99. The van der Waals surface area contributed by atoms with Gasteiger partial charge in [-0.1, -0.05) is 40.3 Å². The number of aryl methyl sites for hydroxylation is 1. The second-order valence-electron chi connectivity index (χ2n) is 8.62. The largest absolute Gasteiger partial charge is 0.296 e. The van der Waals surface area contributed by atoms with E-state index in [2.05, 4.69) is 76.8 Å². The van der Waals surface area contributed by atoms with E-state index in [0.29, 0.717) is 0 Å². The Bertz CT molecular complexity index is 1110. The highest BCUT2D eigenvalue weighted by Crippen LogP contribution is 2.50. The van der Waals surface area contributed by atoms with Crippen LogP contribution in [0.1, 0.15) is 57.9 Å². The van der Waals surface area contributed by atoms with E-state index in [-0.39, 0.29) is 10.8 Å². The SMILES string of the molecule is C=c1cc(C)n2c(nc3cc4c(cc32)C(C)(C)CC4(C)C)c1=CC. The maximum Gasteiger partial charge on any atom is 0.145 e. The standard InChI is InChI=1S/C22H26N2/c1-8-15-13(2)9-14(3)24-19-11-17-16(10-18(19)23-20(15)24)21(4,5)12-22(17,6)7/h8-11H,2,12H2,1,3-7H3. The van der Waals surface area contributed by atoms with Crippen molar-refractivity contribution >= 4 is 29.3 Å². The molecule has 2 nitrogen and oxygen atoms in total. The molecule has 1 aromatic carbocycles. The summed E-state index contributed by atoms with van der Waals surface area (Å²) in [7, 11) is 0. The fourth-order valence-corrected chi connectivity index (χ4v) is 4.93. The van der Waals surface area contributed by atoms with E-state index in [1.165, 1.54) is 28.8 Å². The molecule has 0 atom stereocenters. The smallest absolute Gasteiger partial charge is 0.145 e. The number of hydrogen-bond donors (Lipinski definition) is 0. The van der Waals surface area contributed by atoms with Crippen LogP contribution in [-0.2, 0) is 10.8 Å². The predicted molar refractivity (Wildman–Crippen MR) is 103 cm³/mol. The summed E-state index contributed by atoms with van der Waals surface area (Å²) < 4.78 is 2.29. The lowest BCUT2D eigenvalue weighted by Crippen LogP contribution is -2.26. The van der Waals surface area contributed by atoms with Crippen LogP contribution in [-0.4, -0.2) is 9.38 Å². The minimum atomic E-state index is 0.203. The Labute approximate surface area is 143 Å². The van der Waals surface area contributed by atoms with Crippen LogP contribution in [0.25, 0.3) is 29.3 Å². The van der Waals surface area contributed by atoms with Gasteiger partial charge in [0, 0.05) is 10.9 Å². The summed E-state index contributed by atoms with van der Waals surface area (Å²) in [6.07, 6.45) is 3.30. The molecule has 0 fully saturated rings. The normalized spacial score (nSPS) is 19.3. The van der Waals surface area contributed by atoms with E-state index in [4.69, 9.17) is 4.98 Å². The van der Waals surface area contributed by atoms with Crippen molar-refractivity contribution in [2.45, 2.75) is 58.8 Å². The molecule has 0 saturated carbocycles. The number of aromatic nitrogens is 2. The van der Waals surface area contributed by atoms with E-state index in [9.17, 15) is 0 Å². The fraction of sp³-hybridized carbons (Fsp3) is 0.409. The summed E-state index contributed by atoms with van der Waals surface area (Å²) in [6, 6.07) is 6.87. The van der Waals surface area contributed by atoms with Gasteiger partial charge in [0.15, 0.2) is 0 Å². The summed E-state index contributed by atoms with van der Waals surface area (Å²) in [5, 5.41) is 2.18. The van der Waals surface area contributed by atoms with Crippen LogP contribution in [0.2, 0.25) is 0 Å². The molecule has 0 bridgehead atoms. The van der Waals surface area contributed by atoms with Crippen LogP contribution in [0.15, 0.2) is 18.2 Å². The van der Waals surface area contributed by atoms with Gasteiger partial charge in [-0.3, -0.25) is 4.40 Å². The van der Waals surface area contributed by atoms with Crippen molar-refractivity contribution in [3.8, 4) is 0 Å². The van der Waals surface area contributed by atoms with Crippen molar-refractivity contribution in [3.63, 3.8) is 0 Å². The summed E-state index contributed by atoms with van der Waals surface area (Å²) in [5.41, 5.74) is 7.87. The van der Waals surface area contributed by atoms with Crippen LogP contribution < -0.4 is 10.4 Å². The molecule has 0 N–H and O–H groups in total. The van der Waals surface area contributed by atoms with Gasteiger partial charge in [0.05, 0.1) is 11.0 Å². The molecule has 0 amide bonds. The molecule has 2 heterocycles. The van der Waals surface area contributed by atoms with E-state index in [1.807, 2.05) is 0 Å². The molecular formula is C22H26N2. The molecule has 1 aliphatic rings. The molecular weight excluding hydrogens is 292 g/mol. The number of rotatable bonds is 0. The molecule has 24 heavy (non-hydrogen) atoms. The highest BCUT2D eigenvalue weighted by atomic mass is 15.0. The number of hydrogen-bond acceptors (Lipinski definition) is 1. The summed E-state index contributed by atoms with van der Waals surface area (Å²) in [5.74, 6) is 0. The van der Waals surface area contributed by atoms with Crippen LogP contribution in [0.5, 0.6) is 0 Å². The fourth-order valence-electron chi connectivity index (χ4n) is 4.93. The van der Waals surface area contributed by atoms with Crippen LogP contribution >= 0.6 is 0 Å². The summed E-state index contributed by atoms with van der Waals surface area (Å²) in [4.78, 5) is 4.99. The molecule has 0 radical (unpaired) electrons. The molecule has 0 spiro atoms. The first-order valence-electron chi connectivity index (χ1n) is 8.78. The zero-order chi connectivity index (χ0) is 17.4. The zero-order valence-electron chi connectivity index (χ0n) is 15.6. The second-order valence-corrected chi connectivity index (χ2v) is 8.62. The third-order valence-electron chi connectivity index (χ3n) is 5.75. The average Bonchev–Trinajstić information content (AvgIpc) is 2.91. The lowest BCUT2D eigenvalue weighted by Gasteiger charge is -2.22. The van der Waals surface area contributed by atoms with Gasteiger partial charge in [0.1, 0.15) is 5.65 Å². The molecule has 0 aliphatic heterocycles. The van der Waals surface area contributed by atoms with E-state index in [0.717, 1.165) is 21.6 Å². The Morgan fingerprint density at radius 1 is 1.08 bits per heavy atom. The first kappa shape index (κ1) is 15.4. The quantitative estimate of drug-likeness (QED) is 0.613. The van der Waals surface area contributed by atoms with Gasteiger partial charge < -0.3 is 0 Å². The number of nitrogens with zero attached hydrogens (tertiary/aromatic N) is 2. The number of pyridine rings is 1. The van der Waals surface area contributed by atoms with Gasteiger partial charge in [0.2, 0.25) is 0 Å². The average molecular weight is 318 g/mol. The van der Waals surface area contributed by atoms with Crippen molar-refractivity contribution in [1.29, 1.82) is 0 Å². The Hall–Kier alpha value is -2.09. The van der Waals surface area contributed by atoms with Gasteiger partial charge in [-0.2, -0.15) is 0 Å². The van der Waals surface area contributed by atoms with Gasteiger partial charge in [-0.25, -0.2) is 4.98 Å². The minimum Gasteiger partial charge on any atom is -0.296 e. The van der Waals surface area contributed by atoms with Crippen molar-refractivity contribution in [3.05, 3.63) is 45.5 Å². The van der Waals surface area contributed by atoms with Crippen LogP contribution in [0, 0.1) is 6.92 Å². The van der Waals surface area contributed by atoms with Gasteiger partial charge >= 0.3 is 0 Å². The van der Waals surface area contributed by atoms with E-state index >= 15 is 0 Å². The first-order valence-corrected chi connectivity index (χ1v) is 8.78. The van der Waals surface area contributed by atoms with Crippen LogP contribution in [0.4, 0.5) is 0 Å². The van der Waals surface area contributed by atoms with Gasteiger partial charge in [-0.05, 0) is 65.6 Å². The topological polar surface area (TPSA) is 17.3 Å². The van der Waals surface area contributed by atoms with Crippen LogP contribution in [0.3, 0.4) is 0 Å². The lowest BCUT2D eigenvalue weighted by molar-refractivity contribution is 0.403. The second kappa shape index (κ2) is 4.50. The molecule has 124 valence electrons. The number of benzene rings is 1. The molecule has 3 aromatic rings. The predicted octanol–water partition coefficient (Wildman–Crippen LogP) is 3.97. The molecule has 2 aromatic heterocycles. The first-order chi connectivity index (χ1) is 11.2. The Morgan fingerprint density at radius 2 is 1.71 bits per heavy atom. The summed E-state index contributed by atoms with van der Waals surface area (Å²) >= 11 is 0. The van der Waals surface area contributed by atoms with Crippen molar-refractivity contribution in [2.75, 3.05) is 0 Å². The zero-order valence-corrected chi connectivity index (χ0v) is 15.6. The summed E-state index contributed by atoms with van der Waals surface area (Å²) in [6.45, 7) is 17.8. The highest BCUT2D eigenvalue weighted by molar-refractivity contribution is 5.84. The number of fused-ring (bicyclic) bond motifs is 4. The maximum absolute atomic E-state index is 4.99. The Kier molecular flexibility index (Phi) is 2.90. The van der Waals surface area contributed by atoms with Gasteiger partial charge in [-0.15, -0.1) is 0 Å². The van der Waals surface area contributed by atoms with Crippen molar-refractivity contribution in [2.24, 2.45) is 0 Å². The Balaban J connectivity index is 2.23. The molecule has 0 saturated heterocycles. The monoisotopic (exact) mass is 318 g/mol. The lowest BCUT2D eigenvalue weighted by atomic mass is 9.82. The third kappa shape index (κ3) is 1.86.